The number of carbonyl (C=O) groups is 1. The summed E-state index contributed by atoms with van der Waals surface area (Å²) in [5.74, 6) is -0.503. The molecular weight excluding hydrogens is 319 g/mol. The minimum atomic E-state index is -4.42. The SMILES string of the molecule is O=C(Nc1cnn(-c2ccccc2)c1)c1ccc(C(F)(F)F)cc1. The van der Waals surface area contributed by atoms with Gasteiger partial charge in [0.1, 0.15) is 0 Å². The number of benzene rings is 2. The maximum atomic E-state index is 12.5. The van der Waals surface area contributed by atoms with Crippen LogP contribution in [0.25, 0.3) is 5.69 Å². The Morgan fingerprint density at radius 2 is 1.67 bits per heavy atom. The summed E-state index contributed by atoms with van der Waals surface area (Å²) in [6.45, 7) is 0. The zero-order valence-electron chi connectivity index (χ0n) is 12.3. The van der Waals surface area contributed by atoms with E-state index in [0.717, 1.165) is 30.0 Å². The average Bonchev–Trinajstić information content (AvgIpc) is 3.03. The number of nitrogens with one attached hydrogen (secondary N) is 1. The number of carbonyl (C=O) groups excluding carboxylic acids is 1. The lowest BCUT2D eigenvalue weighted by Gasteiger charge is -2.07. The number of halogens is 3. The molecule has 0 aliphatic rings. The van der Waals surface area contributed by atoms with Gasteiger partial charge in [0.05, 0.1) is 29.3 Å². The molecule has 0 atom stereocenters. The van der Waals surface area contributed by atoms with Gasteiger partial charge in [0.2, 0.25) is 0 Å². The second kappa shape index (κ2) is 6.19. The van der Waals surface area contributed by atoms with E-state index in [1.807, 2.05) is 30.3 Å². The smallest absolute Gasteiger partial charge is 0.319 e. The number of aromatic nitrogens is 2. The van der Waals surface area contributed by atoms with Crippen molar-refractivity contribution in [2.45, 2.75) is 6.18 Å². The zero-order valence-corrected chi connectivity index (χ0v) is 12.3. The van der Waals surface area contributed by atoms with E-state index in [0.29, 0.717) is 5.69 Å². The summed E-state index contributed by atoms with van der Waals surface area (Å²) in [7, 11) is 0. The number of amides is 1. The highest BCUT2D eigenvalue weighted by Gasteiger charge is 2.30. The van der Waals surface area contributed by atoms with E-state index >= 15 is 0 Å². The summed E-state index contributed by atoms with van der Waals surface area (Å²) in [5.41, 5.74) is 0.614. The molecule has 1 heterocycles. The van der Waals surface area contributed by atoms with Gasteiger partial charge in [0.15, 0.2) is 0 Å². The Hall–Kier alpha value is -3.09. The van der Waals surface area contributed by atoms with Crippen LogP contribution in [0.15, 0.2) is 67.0 Å². The molecule has 0 spiro atoms. The maximum Gasteiger partial charge on any atom is 0.416 e. The summed E-state index contributed by atoms with van der Waals surface area (Å²) in [6.07, 6.45) is -1.34. The van der Waals surface area contributed by atoms with E-state index in [2.05, 4.69) is 10.4 Å². The lowest BCUT2D eigenvalue weighted by atomic mass is 10.1. The molecule has 2 aromatic carbocycles. The Bertz CT molecular complexity index is 840. The molecule has 122 valence electrons. The van der Waals surface area contributed by atoms with Crippen LogP contribution in [-0.4, -0.2) is 15.7 Å². The molecule has 1 amide bonds. The molecule has 0 radical (unpaired) electrons. The minimum Gasteiger partial charge on any atom is -0.319 e. The van der Waals surface area contributed by atoms with Gasteiger partial charge in [-0.25, -0.2) is 4.68 Å². The lowest BCUT2D eigenvalue weighted by Crippen LogP contribution is -2.12. The molecule has 3 aromatic rings. The Balaban J connectivity index is 1.72. The van der Waals surface area contributed by atoms with Crippen molar-refractivity contribution >= 4 is 11.6 Å². The second-order valence-corrected chi connectivity index (χ2v) is 5.04. The molecule has 0 bridgehead atoms. The van der Waals surface area contributed by atoms with Crippen LogP contribution in [0, 0.1) is 0 Å². The topological polar surface area (TPSA) is 46.9 Å². The first-order valence-corrected chi connectivity index (χ1v) is 7.02. The maximum absolute atomic E-state index is 12.5. The third-order valence-corrected chi connectivity index (χ3v) is 3.34. The third-order valence-electron chi connectivity index (χ3n) is 3.34. The normalized spacial score (nSPS) is 11.3. The summed E-state index contributed by atoms with van der Waals surface area (Å²) >= 11 is 0. The highest BCUT2D eigenvalue weighted by molar-refractivity contribution is 6.04. The predicted molar refractivity (Wildman–Crippen MR) is 83.0 cm³/mol. The van der Waals surface area contributed by atoms with E-state index in [1.165, 1.54) is 6.20 Å². The standard InChI is InChI=1S/C17H12F3N3O/c18-17(19,20)13-8-6-12(7-9-13)16(24)22-14-10-21-23(11-14)15-4-2-1-3-5-15/h1-11H,(H,22,24). The fraction of sp³-hybridized carbons (Fsp3) is 0.0588. The Kier molecular flexibility index (Phi) is 4.07. The van der Waals surface area contributed by atoms with Crippen molar-refractivity contribution < 1.29 is 18.0 Å². The average molecular weight is 331 g/mol. The highest BCUT2D eigenvalue weighted by Crippen LogP contribution is 2.29. The summed E-state index contributed by atoms with van der Waals surface area (Å²) < 4.78 is 39.1. The Labute approximate surface area is 135 Å². The van der Waals surface area contributed by atoms with Gasteiger partial charge in [-0.05, 0) is 36.4 Å². The number of nitrogens with zero attached hydrogens (tertiary/aromatic N) is 2. The molecule has 1 aromatic heterocycles. The second-order valence-electron chi connectivity index (χ2n) is 5.04. The van der Waals surface area contributed by atoms with Crippen LogP contribution in [0.1, 0.15) is 15.9 Å². The number of anilines is 1. The van der Waals surface area contributed by atoms with Crippen molar-refractivity contribution in [2.75, 3.05) is 5.32 Å². The Morgan fingerprint density at radius 1 is 1.00 bits per heavy atom. The molecule has 7 heteroatoms. The van der Waals surface area contributed by atoms with E-state index in [4.69, 9.17) is 0 Å². The van der Waals surface area contributed by atoms with Gasteiger partial charge in [0, 0.05) is 5.56 Å². The molecular formula is C17H12F3N3O. The summed E-state index contributed by atoms with van der Waals surface area (Å²) in [6, 6.07) is 13.3. The number of rotatable bonds is 3. The summed E-state index contributed by atoms with van der Waals surface area (Å²) in [4.78, 5) is 12.1. The summed E-state index contributed by atoms with van der Waals surface area (Å²) in [5, 5.41) is 6.74. The van der Waals surface area contributed by atoms with Crippen molar-refractivity contribution in [3.05, 3.63) is 78.1 Å². The fourth-order valence-electron chi connectivity index (χ4n) is 2.12. The molecule has 0 unspecified atom stereocenters. The number of hydrogen-bond acceptors (Lipinski definition) is 2. The van der Waals surface area contributed by atoms with E-state index in [-0.39, 0.29) is 5.56 Å². The Morgan fingerprint density at radius 3 is 2.29 bits per heavy atom. The number of alkyl halides is 3. The van der Waals surface area contributed by atoms with Crippen molar-refractivity contribution in [3.63, 3.8) is 0 Å². The van der Waals surface area contributed by atoms with Crippen LogP contribution in [0.5, 0.6) is 0 Å². The first kappa shape index (κ1) is 15.8. The van der Waals surface area contributed by atoms with Crippen molar-refractivity contribution in [3.8, 4) is 5.69 Å². The lowest BCUT2D eigenvalue weighted by molar-refractivity contribution is -0.137. The van der Waals surface area contributed by atoms with Gasteiger partial charge in [-0.15, -0.1) is 0 Å². The van der Waals surface area contributed by atoms with Crippen molar-refractivity contribution in [1.82, 2.24) is 9.78 Å². The molecule has 0 saturated heterocycles. The van der Waals surface area contributed by atoms with E-state index in [9.17, 15) is 18.0 Å². The van der Waals surface area contributed by atoms with Crippen LogP contribution in [0.4, 0.5) is 18.9 Å². The van der Waals surface area contributed by atoms with Gasteiger partial charge in [-0.1, -0.05) is 18.2 Å². The quantitative estimate of drug-likeness (QED) is 0.784. The van der Waals surface area contributed by atoms with Crippen molar-refractivity contribution in [1.29, 1.82) is 0 Å². The van der Waals surface area contributed by atoms with E-state index in [1.54, 1.807) is 10.9 Å². The third kappa shape index (κ3) is 3.45. The van der Waals surface area contributed by atoms with Crippen LogP contribution in [0.3, 0.4) is 0 Å². The fourth-order valence-corrected chi connectivity index (χ4v) is 2.12. The monoisotopic (exact) mass is 331 g/mol. The first-order chi connectivity index (χ1) is 11.4. The van der Waals surface area contributed by atoms with E-state index < -0.39 is 17.6 Å². The van der Waals surface area contributed by atoms with Crippen LogP contribution < -0.4 is 5.32 Å². The molecule has 0 saturated carbocycles. The highest BCUT2D eigenvalue weighted by atomic mass is 19.4. The van der Waals surface area contributed by atoms with Gasteiger partial charge >= 0.3 is 6.18 Å². The largest absolute Gasteiger partial charge is 0.416 e. The van der Waals surface area contributed by atoms with Crippen molar-refractivity contribution in [2.24, 2.45) is 0 Å². The van der Waals surface area contributed by atoms with Crippen LogP contribution in [0.2, 0.25) is 0 Å². The molecule has 24 heavy (non-hydrogen) atoms. The van der Waals surface area contributed by atoms with Gasteiger partial charge < -0.3 is 5.32 Å². The van der Waals surface area contributed by atoms with Gasteiger partial charge in [-0.2, -0.15) is 18.3 Å². The molecule has 3 rings (SSSR count). The van der Waals surface area contributed by atoms with Crippen LogP contribution >= 0.6 is 0 Å². The minimum absolute atomic E-state index is 0.135. The molecule has 0 fully saturated rings. The van der Waals surface area contributed by atoms with Gasteiger partial charge in [-0.3, -0.25) is 4.79 Å². The van der Waals surface area contributed by atoms with Gasteiger partial charge in [0.25, 0.3) is 5.91 Å². The van der Waals surface area contributed by atoms with Crippen LogP contribution in [-0.2, 0) is 6.18 Å². The molecule has 4 nitrogen and oxygen atoms in total. The molecule has 1 N–H and O–H groups in total. The molecule has 0 aliphatic carbocycles. The number of hydrogen-bond donors (Lipinski definition) is 1. The predicted octanol–water partition coefficient (Wildman–Crippen LogP) is 4.14. The number of para-hydroxylation sites is 1. The zero-order chi connectivity index (χ0) is 17.2. The molecule has 0 aliphatic heterocycles. The first-order valence-electron chi connectivity index (χ1n) is 7.02.